The number of aliphatic imine (C=N–C) groups is 1. The fraction of sp³-hybridized carbons (Fsp3) is 0.211. The number of thioether (sulfide) groups is 1. The van der Waals surface area contributed by atoms with Crippen LogP contribution in [0.25, 0.3) is 11.0 Å². The summed E-state index contributed by atoms with van der Waals surface area (Å²) in [5.41, 5.74) is 4.94. The van der Waals surface area contributed by atoms with Gasteiger partial charge in [0.25, 0.3) is 0 Å². The molecule has 0 saturated heterocycles. The Kier molecular flexibility index (Phi) is 5.43. The van der Waals surface area contributed by atoms with Crippen molar-refractivity contribution in [3.63, 3.8) is 0 Å². The van der Waals surface area contributed by atoms with Crippen LogP contribution in [0.15, 0.2) is 70.0 Å². The fourth-order valence-electron chi connectivity index (χ4n) is 2.59. The van der Waals surface area contributed by atoms with E-state index in [0.29, 0.717) is 0 Å². The molecular formula is C19H20N4S. The standard InChI is InChI=1S/C19H20N4S/c1-20-18(14-8-4-3-5-9-14)19(21-2)24-13-15-12-22-16-10-6-7-11-17(16)23-15/h3-4,6-8,10-12,21H,1,5,9,13H2,2H3/b19-18-. The van der Waals surface area contributed by atoms with Gasteiger partial charge in [-0.3, -0.25) is 9.98 Å². The highest BCUT2D eigenvalue weighted by molar-refractivity contribution is 8.02. The summed E-state index contributed by atoms with van der Waals surface area (Å²) in [7, 11) is 1.92. The molecule has 0 fully saturated rings. The van der Waals surface area contributed by atoms with E-state index < -0.39 is 0 Å². The first-order valence-electron chi connectivity index (χ1n) is 7.90. The van der Waals surface area contributed by atoms with Crippen LogP contribution in [0.4, 0.5) is 0 Å². The number of fused-ring (bicyclic) bond motifs is 1. The Morgan fingerprint density at radius 3 is 2.88 bits per heavy atom. The van der Waals surface area contributed by atoms with Crippen LogP contribution >= 0.6 is 11.8 Å². The first kappa shape index (κ1) is 16.5. The minimum absolute atomic E-state index is 0.732. The van der Waals surface area contributed by atoms with E-state index in [1.807, 2.05) is 37.5 Å². The number of nitrogens with one attached hydrogen (secondary N) is 1. The molecule has 1 N–H and O–H groups in total. The zero-order valence-electron chi connectivity index (χ0n) is 13.7. The van der Waals surface area contributed by atoms with Crippen molar-refractivity contribution in [2.75, 3.05) is 7.05 Å². The van der Waals surface area contributed by atoms with Crippen LogP contribution in [-0.2, 0) is 5.75 Å². The number of allylic oxidation sites excluding steroid dienone is 4. The van der Waals surface area contributed by atoms with Gasteiger partial charge in [-0.1, -0.05) is 30.4 Å². The largest absolute Gasteiger partial charge is 0.381 e. The smallest absolute Gasteiger partial charge is 0.0952 e. The molecule has 1 aromatic heterocycles. The first-order valence-corrected chi connectivity index (χ1v) is 8.88. The highest BCUT2D eigenvalue weighted by atomic mass is 32.2. The van der Waals surface area contributed by atoms with Crippen molar-refractivity contribution >= 4 is 29.5 Å². The highest BCUT2D eigenvalue weighted by Gasteiger charge is 2.12. The van der Waals surface area contributed by atoms with Gasteiger partial charge in [-0.25, -0.2) is 4.98 Å². The number of nitrogens with zero attached hydrogens (tertiary/aromatic N) is 3. The quantitative estimate of drug-likeness (QED) is 0.802. The van der Waals surface area contributed by atoms with E-state index in [-0.39, 0.29) is 0 Å². The monoisotopic (exact) mass is 336 g/mol. The van der Waals surface area contributed by atoms with E-state index in [1.54, 1.807) is 11.8 Å². The molecule has 0 radical (unpaired) electrons. The molecule has 5 heteroatoms. The maximum Gasteiger partial charge on any atom is 0.0952 e. The van der Waals surface area contributed by atoms with E-state index >= 15 is 0 Å². The third-order valence-electron chi connectivity index (χ3n) is 3.78. The Morgan fingerprint density at radius 2 is 2.17 bits per heavy atom. The Bertz CT molecular complexity index is 836. The van der Waals surface area contributed by atoms with Gasteiger partial charge < -0.3 is 5.32 Å². The zero-order valence-corrected chi connectivity index (χ0v) is 14.5. The van der Waals surface area contributed by atoms with Crippen LogP contribution in [0.5, 0.6) is 0 Å². The predicted octanol–water partition coefficient (Wildman–Crippen LogP) is 4.23. The molecule has 0 bridgehead atoms. The van der Waals surface area contributed by atoms with Crippen molar-refractivity contribution in [3.05, 3.63) is 70.7 Å². The molecule has 3 rings (SSSR count). The van der Waals surface area contributed by atoms with Crippen LogP contribution in [0.3, 0.4) is 0 Å². The molecule has 1 aliphatic carbocycles. The van der Waals surface area contributed by atoms with Crippen molar-refractivity contribution in [1.82, 2.24) is 15.3 Å². The summed E-state index contributed by atoms with van der Waals surface area (Å²) in [6.45, 7) is 3.75. The highest BCUT2D eigenvalue weighted by Crippen LogP contribution is 2.29. The summed E-state index contributed by atoms with van der Waals surface area (Å²) in [6, 6.07) is 7.92. The predicted molar refractivity (Wildman–Crippen MR) is 103 cm³/mol. The Hall–Kier alpha value is -2.40. The molecule has 0 saturated carbocycles. The van der Waals surface area contributed by atoms with Gasteiger partial charge in [0.15, 0.2) is 0 Å². The van der Waals surface area contributed by atoms with Gasteiger partial charge in [-0.05, 0) is 37.3 Å². The lowest BCUT2D eigenvalue weighted by Crippen LogP contribution is -2.08. The van der Waals surface area contributed by atoms with Crippen molar-refractivity contribution in [1.29, 1.82) is 0 Å². The minimum Gasteiger partial charge on any atom is -0.381 e. The van der Waals surface area contributed by atoms with Gasteiger partial charge in [-0.15, -0.1) is 11.8 Å². The third kappa shape index (κ3) is 3.74. The molecule has 0 aliphatic heterocycles. The lowest BCUT2D eigenvalue weighted by atomic mass is 10.0. The maximum atomic E-state index is 4.67. The molecule has 0 unspecified atom stereocenters. The first-order chi connectivity index (χ1) is 11.8. The average molecular weight is 336 g/mol. The number of benzene rings is 1. The van der Waals surface area contributed by atoms with Crippen LogP contribution < -0.4 is 5.32 Å². The third-order valence-corrected chi connectivity index (χ3v) is 4.91. The maximum absolute atomic E-state index is 4.67. The molecule has 2 aromatic rings. The molecule has 4 nitrogen and oxygen atoms in total. The average Bonchev–Trinajstić information content (AvgIpc) is 2.65. The van der Waals surface area contributed by atoms with Gasteiger partial charge in [-0.2, -0.15) is 0 Å². The Morgan fingerprint density at radius 1 is 1.33 bits per heavy atom. The van der Waals surface area contributed by atoms with Crippen molar-refractivity contribution in [3.8, 4) is 0 Å². The van der Waals surface area contributed by atoms with Crippen molar-refractivity contribution in [2.45, 2.75) is 18.6 Å². The van der Waals surface area contributed by atoms with Crippen LogP contribution in [0.1, 0.15) is 18.5 Å². The molecular weight excluding hydrogens is 316 g/mol. The molecule has 1 heterocycles. The van der Waals surface area contributed by atoms with Gasteiger partial charge in [0.05, 0.1) is 27.5 Å². The molecule has 1 aliphatic rings. The van der Waals surface area contributed by atoms with Crippen molar-refractivity contribution < 1.29 is 0 Å². The van der Waals surface area contributed by atoms with E-state index in [0.717, 1.165) is 46.0 Å². The molecule has 122 valence electrons. The second-order valence-corrected chi connectivity index (χ2v) is 6.37. The molecule has 0 spiro atoms. The summed E-state index contributed by atoms with van der Waals surface area (Å²) >= 11 is 1.68. The van der Waals surface area contributed by atoms with Gasteiger partial charge >= 0.3 is 0 Å². The van der Waals surface area contributed by atoms with Gasteiger partial charge in [0.2, 0.25) is 0 Å². The van der Waals surface area contributed by atoms with Gasteiger partial charge in [0.1, 0.15) is 0 Å². The van der Waals surface area contributed by atoms with Crippen LogP contribution in [0.2, 0.25) is 0 Å². The number of aromatic nitrogens is 2. The zero-order chi connectivity index (χ0) is 16.8. The minimum atomic E-state index is 0.732. The second kappa shape index (κ2) is 7.93. The van der Waals surface area contributed by atoms with E-state index in [4.69, 9.17) is 0 Å². The normalized spacial score (nSPS) is 15.0. The molecule has 0 atom stereocenters. The summed E-state index contributed by atoms with van der Waals surface area (Å²) in [5.74, 6) is 0.732. The Balaban J connectivity index is 1.81. The Labute approximate surface area is 146 Å². The van der Waals surface area contributed by atoms with E-state index in [1.165, 1.54) is 5.57 Å². The summed E-state index contributed by atoms with van der Waals surface area (Å²) < 4.78 is 0. The molecule has 24 heavy (non-hydrogen) atoms. The summed E-state index contributed by atoms with van der Waals surface area (Å²) in [5, 5.41) is 4.27. The number of hydrogen-bond acceptors (Lipinski definition) is 5. The van der Waals surface area contributed by atoms with Crippen LogP contribution in [0, 0.1) is 0 Å². The SMILES string of the molecule is C=N/C(C1=CC=CCC1)=C(/NC)SCc1cnc2ccccc2n1. The molecule has 0 amide bonds. The van der Waals surface area contributed by atoms with E-state index in [2.05, 4.69) is 45.2 Å². The number of hydrogen-bond donors (Lipinski definition) is 1. The summed E-state index contributed by atoms with van der Waals surface area (Å²) in [6.07, 6.45) is 10.2. The van der Waals surface area contributed by atoms with Gasteiger partial charge in [0, 0.05) is 19.0 Å². The van der Waals surface area contributed by atoms with Crippen LogP contribution in [-0.4, -0.2) is 23.7 Å². The molecule has 1 aromatic carbocycles. The van der Waals surface area contributed by atoms with Crippen molar-refractivity contribution in [2.24, 2.45) is 4.99 Å². The second-order valence-electron chi connectivity index (χ2n) is 5.38. The topological polar surface area (TPSA) is 50.2 Å². The lowest BCUT2D eigenvalue weighted by Gasteiger charge is -2.15. The number of para-hydroxylation sites is 2. The summed E-state index contributed by atoms with van der Waals surface area (Å²) in [4.78, 5) is 13.4. The van der Waals surface area contributed by atoms with E-state index in [9.17, 15) is 0 Å². The lowest BCUT2D eigenvalue weighted by molar-refractivity contribution is 0.942. The fourth-order valence-corrected chi connectivity index (χ4v) is 3.50. The number of rotatable bonds is 6.